The average Bonchev–Trinajstić information content (AvgIpc) is 2.90. The highest BCUT2D eigenvalue weighted by Gasteiger charge is 2.22. The zero-order valence-electron chi connectivity index (χ0n) is 10.8. The molecule has 19 heavy (non-hydrogen) atoms. The van der Waals surface area contributed by atoms with Crippen molar-refractivity contribution >= 4 is 12.0 Å². The van der Waals surface area contributed by atoms with Crippen LogP contribution in [0.25, 0.3) is 0 Å². The minimum atomic E-state index is -0.472. The topological polar surface area (TPSA) is 82.6 Å². The van der Waals surface area contributed by atoms with Crippen molar-refractivity contribution in [2.75, 3.05) is 44.2 Å². The molecule has 0 aliphatic carbocycles. The van der Waals surface area contributed by atoms with Gasteiger partial charge in [0.2, 0.25) is 0 Å². The highest BCUT2D eigenvalue weighted by Crippen LogP contribution is 2.16. The summed E-state index contributed by atoms with van der Waals surface area (Å²) >= 11 is 0. The van der Waals surface area contributed by atoms with Gasteiger partial charge in [-0.1, -0.05) is 0 Å². The maximum absolute atomic E-state index is 11.5. The van der Waals surface area contributed by atoms with E-state index in [2.05, 4.69) is 16.0 Å². The van der Waals surface area contributed by atoms with Gasteiger partial charge in [0.05, 0.1) is 19.2 Å². The van der Waals surface area contributed by atoms with Crippen LogP contribution in [-0.2, 0) is 4.74 Å². The summed E-state index contributed by atoms with van der Waals surface area (Å²) in [5.74, 6) is -0.472. The molecule has 0 saturated carbocycles. The number of aromatic nitrogens is 1. The smallest absolute Gasteiger partial charge is 0.360 e. The van der Waals surface area contributed by atoms with E-state index in [1.54, 1.807) is 6.92 Å². The number of carbonyl (C=O) groups excluding carboxylic acids is 1. The predicted octanol–water partition coefficient (Wildman–Crippen LogP) is 0.497. The number of piperazine rings is 1. The molecule has 0 N–H and O–H groups in total. The zero-order chi connectivity index (χ0) is 13.7. The number of esters is 1. The van der Waals surface area contributed by atoms with E-state index >= 15 is 0 Å². The first kappa shape index (κ1) is 13.4. The third-order valence-electron chi connectivity index (χ3n) is 2.91. The minimum Gasteiger partial charge on any atom is -0.461 e. The largest absolute Gasteiger partial charge is 0.461 e. The van der Waals surface area contributed by atoms with Crippen molar-refractivity contribution in [2.24, 2.45) is 0 Å². The Bertz CT molecular complexity index is 472. The number of carbonyl (C=O) groups is 1. The van der Waals surface area contributed by atoms with Gasteiger partial charge in [0.1, 0.15) is 6.26 Å². The Balaban J connectivity index is 1.93. The quantitative estimate of drug-likeness (QED) is 0.578. The summed E-state index contributed by atoms with van der Waals surface area (Å²) in [5.41, 5.74) is 0.191. The number of ether oxygens (including phenoxy) is 1. The van der Waals surface area contributed by atoms with Crippen molar-refractivity contribution in [3.63, 3.8) is 0 Å². The fourth-order valence-corrected chi connectivity index (χ4v) is 1.91. The summed E-state index contributed by atoms with van der Waals surface area (Å²) in [6, 6.07) is 2.56. The maximum Gasteiger partial charge on any atom is 0.360 e. The van der Waals surface area contributed by atoms with Gasteiger partial charge in [-0.15, -0.1) is 0 Å². The molecule has 0 unspecified atom stereocenters. The Morgan fingerprint density at radius 3 is 2.89 bits per heavy atom. The van der Waals surface area contributed by atoms with Gasteiger partial charge >= 0.3 is 5.97 Å². The summed E-state index contributed by atoms with van der Waals surface area (Å²) in [6.07, 6.45) is 1.31. The van der Waals surface area contributed by atoms with Crippen molar-refractivity contribution in [1.29, 1.82) is 5.26 Å². The third kappa shape index (κ3) is 3.23. The molecule has 1 aromatic rings. The fourth-order valence-electron chi connectivity index (χ4n) is 1.91. The maximum atomic E-state index is 11.5. The number of nitriles is 1. The first-order valence-electron chi connectivity index (χ1n) is 6.21. The van der Waals surface area contributed by atoms with Crippen molar-refractivity contribution in [3.8, 4) is 6.07 Å². The van der Waals surface area contributed by atoms with E-state index in [1.807, 2.05) is 4.90 Å². The fraction of sp³-hybridized carbons (Fsp3) is 0.583. The molecular weight excluding hydrogens is 248 g/mol. The van der Waals surface area contributed by atoms with Gasteiger partial charge in [0, 0.05) is 26.2 Å². The molecule has 7 nitrogen and oxygen atoms in total. The highest BCUT2D eigenvalue weighted by atomic mass is 16.5. The number of rotatable bonds is 4. The molecule has 0 radical (unpaired) electrons. The summed E-state index contributed by atoms with van der Waals surface area (Å²) in [5, 5.41) is 8.63. The van der Waals surface area contributed by atoms with Crippen LogP contribution >= 0.6 is 0 Å². The van der Waals surface area contributed by atoms with Gasteiger partial charge in [-0.3, -0.25) is 4.90 Å². The Morgan fingerprint density at radius 2 is 2.26 bits per heavy atom. The van der Waals surface area contributed by atoms with Gasteiger partial charge in [0.25, 0.3) is 6.01 Å². The molecule has 0 atom stereocenters. The summed E-state index contributed by atoms with van der Waals surface area (Å²) < 4.78 is 10.2. The number of anilines is 1. The van der Waals surface area contributed by atoms with Crippen molar-refractivity contribution < 1.29 is 13.9 Å². The molecule has 1 saturated heterocycles. The molecule has 1 aliphatic heterocycles. The van der Waals surface area contributed by atoms with Crippen LogP contribution in [0.3, 0.4) is 0 Å². The van der Waals surface area contributed by atoms with Crippen LogP contribution in [-0.4, -0.2) is 55.2 Å². The van der Waals surface area contributed by atoms with E-state index in [0.717, 1.165) is 26.2 Å². The van der Waals surface area contributed by atoms with E-state index in [9.17, 15) is 4.79 Å². The van der Waals surface area contributed by atoms with Crippen LogP contribution in [0.5, 0.6) is 0 Å². The molecule has 1 aliphatic rings. The first-order chi connectivity index (χ1) is 9.24. The number of oxazole rings is 1. The van der Waals surface area contributed by atoms with E-state index in [1.165, 1.54) is 6.26 Å². The number of nitrogens with zero attached hydrogens (tertiary/aromatic N) is 4. The van der Waals surface area contributed by atoms with E-state index in [0.29, 0.717) is 19.2 Å². The standard InChI is InChI=1S/C12H16N4O3/c1-2-18-11(17)10-9-19-12(14-10)16-7-5-15(4-3-13)6-8-16/h9H,2,4-8H2,1H3. The Morgan fingerprint density at radius 1 is 1.53 bits per heavy atom. The van der Waals surface area contributed by atoms with Crippen LogP contribution in [0.15, 0.2) is 10.7 Å². The van der Waals surface area contributed by atoms with Gasteiger partial charge in [-0.05, 0) is 6.92 Å². The van der Waals surface area contributed by atoms with Crippen LogP contribution in [0.2, 0.25) is 0 Å². The number of hydrogen-bond donors (Lipinski definition) is 0. The normalized spacial score (nSPS) is 16.1. The predicted molar refractivity (Wildman–Crippen MR) is 66.7 cm³/mol. The summed E-state index contributed by atoms with van der Waals surface area (Å²) in [4.78, 5) is 19.6. The van der Waals surface area contributed by atoms with Crippen LogP contribution < -0.4 is 4.90 Å². The molecule has 0 aromatic carbocycles. The van der Waals surface area contributed by atoms with Crippen molar-refractivity contribution in [3.05, 3.63) is 12.0 Å². The van der Waals surface area contributed by atoms with Crippen molar-refractivity contribution in [1.82, 2.24) is 9.88 Å². The summed E-state index contributed by atoms with van der Waals surface area (Å²) in [6.45, 7) is 5.51. The second kappa shape index (κ2) is 6.20. The molecule has 1 fully saturated rings. The molecule has 7 heteroatoms. The van der Waals surface area contributed by atoms with E-state index in [-0.39, 0.29) is 5.69 Å². The molecule has 0 spiro atoms. The summed E-state index contributed by atoms with van der Waals surface area (Å²) in [7, 11) is 0. The molecule has 1 aromatic heterocycles. The van der Waals surface area contributed by atoms with Gasteiger partial charge in [0.15, 0.2) is 5.69 Å². The lowest BCUT2D eigenvalue weighted by atomic mass is 10.3. The lowest BCUT2D eigenvalue weighted by molar-refractivity contribution is 0.0519. The lowest BCUT2D eigenvalue weighted by Gasteiger charge is -2.32. The zero-order valence-corrected chi connectivity index (χ0v) is 10.8. The van der Waals surface area contributed by atoms with Gasteiger partial charge < -0.3 is 14.1 Å². The molecule has 2 heterocycles. The first-order valence-corrected chi connectivity index (χ1v) is 6.21. The second-order valence-corrected chi connectivity index (χ2v) is 4.16. The Hall–Kier alpha value is -2.07. The molecular formula is C12H16N4O3. The number of hydrogen-bond acceptors (Lipinski definition) is 7. The SMILES string of the molecule is CCOC(=O)c1coc(N2CCN(CC#N)CC2)n1. The molecule has 0 bridgehead atoms. The Kier molecular flexibility index (Phi) is 4.36. The van der Waals surface area contributed by atoms with Gasteiger partial charge in [-0.2, -0.15) is 10.2 Å². The van der Waals surface area contributed by atoms with Crippen LogP contribution in [0.4, 0.5) is 6.01 Å². The molecule has 102 valence electrons. The van der Waals surface area contributed by atoms with E-state index < -0.39 is 5.97 Å². The third-order valence-corrected chi connectivity index (χ3v) is 2.91. The average molecular weight is 264 g/mol. The van der Waals surface area contributed by atoms with E-state index in [4.69, 9.17) is 14.4 Å². The van der Waals surface area contributed by atoms with Gasteiger partial charge in [-0.25, -0.2) is 4.79 Å². The lowest BCUT2D eigenvalue weighted by Crippen LogP contribution is -2.46. The van der Waals surface area contributed by atoms with Crippen LogP contribution in [0, 0.1) is 11.3 Å². The highest BCUT2D eigenvalue weighted by molar-refractivity contribution is 5.87. The monoisotopic (exact) mass is 264 g/mol. The molecule has 0 amide bonds. The molecule has 2 rings (SSSR count). The second-order valence-electron chi connectivity index (χ2n) is 4.16. The Labute approximate surface area is 111 Å². The van der Waals surface area contributed by atoms with Crippen molar-refractivity contribution in [2.45, 2.75) is 6.92 Å². The van der Waals surface area contributed by atoms with Crippen LogP contribution in [0.1, 0.15) is 17.4 Å². The minimum absolute atomic E-state index is 0.191.